The molecular weight excluding hydrogens is 377 g/mol. The van der Waals surface area contributed by atoms with E-state index in [0.29, 0.717) is 27.6 Å². The number of ether oxygens (including phenoxy) is 1. The number of hydrogen-bond donors (Lipinski definition) is 1. The molecule has 2 rings (SSSR count). The van der Waals surface area contributed by atoms with Crippen LogP contribution >= 0.6 is 34.2 Å². The van der Waals surface area contributed by atoms with E-state index < -0.39 is 0 Å². The van der Waals surface area contributed by atoms with Crippen molar-refractivity contribution in [2.24, 2.45) is 0 Å². The molecule has 0 aromatic heterocycles. The number of anilines is 1. The highest BCUT2D eigenvalue weighted by atomic mass is 127. The van der Waals surface area contributed by atoms with Gasteiger partial charge < -0.3 is 10.5 Å². The van der Waals surface area contributed by atoms with E-state index in [1.54, 1.807) is 30.3 Å². The smallest absolute Gasteiger partial charge is 0.198 e. The Morgan fingerprint density at radius 3 is 2.63 bits per heavy atom. The molecule has 0 heterocycles. The maximum atomic E-state index is 12.5. The largest absolute Gasteiger partial charge is 0.496 e. The van der Waals surface area contributed by atoms with E-state index >= 15 is 0 Å². The molecule has 0 spiro atoms. The van der Waals surface area contributed by atoms with Gasteiger partial charge in [-0.2, -0.15) is 0 Å². The van der Waals surface area contributed by atoms with Crippen molar-refractivity contribution >= 4 is 45.7 Å². The van der Waals surface area contributed by atoms with E-state index in [0.717, 1.165) is 3.57 Å². The third-order valence-corrected chi connectivity index (χ3v) is 3.64. The minimum Gasteiger partial charge on any atom is -0.496 e. The number of carbonyl (C=O) groups excluding carboxylic acids is 1. The minimum absolute atomic E-state index is 0.201. The fourth-order valence-electron chi connectivity index (χ4n) is 1.72. The van der Waals surface area contributed by atoms with Crippen molar-refractivity contribution in [2.45, 2.75) is 0 Å². The second-order valence-corrected chi connectivity index (χ2v) is 5.57. The molecule has 0 saturated carbocycles. The highest BCUT2D eigenvalue weighted by Gasteiger charge is 2.17. The van der Waals surface area contributed by atoms with Crippen LogP contribution in [-0.4, -0.2) is 12.9 Å². The van der Waals surface area contributed by atoms with Crippen LogP contribution in [0, 0.1) is 3.57 Å². The van der Waals surface area contributed by atoms with E-state index in [1.807, 2.05) is 6.07 Å². The summed E-state index contributed by atoms with van der Waals surface area (Å²) in [6, 6.07) is 10.2. The Morgan fingerprint density at radius 1 is 1.21 bits per heavy atom. The number of nitrogen functional groups attached to an aromatic ring is 1. The van der Waals surface area contributed by atoms with Gasteiger partial charge in [-0.25, -0.2) is 0 Å². The second kappa shape index (κ2) is 5.79. The first-order valence-electron chi connectivity index (χ1n) is 5.46. The van der Waals surface area contributed by atoms with Crippen LogP contribution in [0.3, 0.4) is 0 Å². The molecule has 2 aromatic carbocycles. The fourth-order valence-corrected chi connectivity index (χ4v) is 2.41. The quantitative estimate of drug-likeness (QED) is 0.495. The van der Waals surface area contributed by atoms with Gasteiger partial charge in [0.05, 0.1) is 17.7 Å². The average molecular weight is 388 g/mol. The van der Waals surface area contributed by atoms with Crippen molar-refractivity contribution in [3.63, 3.8) is 0 Å². The van der Waals surface area contributed by atoms with Crippen LogP contribution in [0.15, 0.2) is 36.4 Å². The normalized spacial score (nSPS) is 10.3. The summed E-state index contributed by atoms with van der Waals surface area (Å²) < 4.78 is 6.16. The van der Waals surface area contributed by atoms with E-state index in [9.17, 15) is 4.79 Å². The third kappa shape index (κ3) is 3.01. The number of ketones is 1. The summed E-state index contributed by atoms with van der Waals surface area (Å²) in [6.07, 6.45) is 0. The number of methoxy groups -OCH3 is 1. The zero-order chi connectivity index (χ0) is 14.0. The van der Waals surface area contributed by atoms with Gasteiger partial charge in [0.2, 0.25) is 0 Å². The summed E-state index contributed by atoms with van der Waals surface area (Å²) >= 11 is 8.20. The van der Waals surface area contributed by atoms with Crippen molar-refractivity contribution in [3.05, 3.63) is 56.1 Å². The lowest BCUT2D eigenvalue weighted by Gasteiger charge is -2.09. The molecule has 5 heteroatoms. The van der Waals surface area contributed by atoms with Crippen molar-refractivity contribution in [1.29, 1.82) is 0 Å². The molecule has 19 heavy (non-hydrogen) atoms. The highest BCUT2D eigenvalue weighted by molar-refractivity contribution is 14.1. The number of hydrogen-bond acceptors (Lipinski definition) is 3. The van der Waals surface area contributed by atoms with Gasteiger partial charge in [-0.15, -0.1) is 0 Å². The zero-order valence-electron chi connectivity index (χ0n) is 10.1. The lowest BCUT2D eigenvalue weighted by molar-refractivity contribution is 0.103. The highest BCUT2D eigenvalue weighted by Crippen LogP contribution is 2.27. The van der Waals surface area contributed by atoms with Crippen molar-refractivity contribution in [3.8, 4) is 5.75 Å². The molecule has 0 aliphatic carbocycles. The number of nitrogens with two attached hydrogens (primary N) is 1. The molecule has 2 aromatic rings. The minimum atomic E-state index is -0.201. The van der Waals surface area contributed by atoms with Gasteiger partial charge in [-0.3, -0.25) is 4.79 Å². The Kier molecular flexibility index (Phi) is 4.31. The predicted octanol–water partition coefficient (Wildman–Crippen LogP) is 3.77. The number of carbonyl (C=O) groups is 1. The van der Waals surface area contributed by atoms with Crippen LogP contribution in [0.2, 0.25) is 5.02 Å². The van der Waals surface area contributed by atoms with Gasteiger partial charge in [0, 0.05) is 14.8 Å². The molecule has 0 unspecified atom stereocenters. The lowest BCUT2D eigenvalue weighted by Crippen LogP contribution is -2.06. The van der Waals surface area contributed by atoms with E-state index in [-0.39, 0.29) is 5.78 Å². The van der Waals surface area contributed by atoms with Crippen LogP contribution in [0.25, 0.3) is 0 Å². The van der Waals surface area contributed by atoms with Crippen LogP contribution < -0.4 is 10.5 Å². The Morgan fingerprint density at radius 2 is 1.95 bits per heavy atom. The zero-order valence-corrected chi connectivity index (χ0v) is 13.0. The van der Waals surface area contributed by atoms with Gasteiger partial charge in [0.1, 0.15) is 5.75 Å². The monoisotopic (exact) mass is 387 g/mol. The van der Waals surface area contributed by atoms with Gasteiger partial charge in [-0.05, 0) is 59.0 Å². The standard InChI is InChI=1S/C14H11ClINO2/c1-19-13-5-2-8(16)6-11(13)14(18)10-7-9(17)3-4-12(10)15/h2-7H,17H2,1H3. The van der Waals surface area contributed by atoms with Crippen molar-refractivity contribution in [1.82, 2.24) is 0 Å². The molecule has 2 N–H and O–H groups in total. The van der Waals surface area contributed by atoms with Crippen molar-refractivity contribution in [2.75, 3.05) is 12.8 Å². The van der Waals surface area contributed by atoms with Gasteiger partial charge in [-0.1, -0.05) is 11.6 Å². The maximum absolute atomic E-state index is 12.5. The Bertz CT molecular complexity index is 643. The van der Waals surface area contributed by atoms with Crippen LogP contribution in [-0.2, 0) is 0 Å². The molecule has 0 amide bonds. The van der Waals surface area contributed by atoms with Crippen molar-refractivity contribution < 1.29 is 9.53 Å². The molecular formula is C14H11ClINO2. The average Bonchev–Trinajstić information content (AvgIpc) is 2.40. The summed E-state index contributed by atoms with van der Waals surface area (Å²) in [6.45, 7) is 0. The molecule has 0 fully saturated rings. The summed E-state index contributed by atoms with van der Waals surface area (Å²) in [5, 5.41) is 0.375. The van der Waals surface area contributed by atoms with Gasteiger partial charge >= 0.3 is 0 Å². The maximum Gasteiger partial charge on any atom is 0.198 e. The Labute approximate surface area is 129 Å². The molecule has 0 aliphatic rings. The molecule has 3 nitrogen and oxygen atoms in total. The Balaban J connectivity index is 2.55. The molecule has 0 bridgehead atoms. The summed E-state index contributed by atoms with van der Waals surface area (Å²) in [4.78, 5) is 12.5. The van der Waals surface area contributed by atoms with Crippen LogP contribution in [0.4, 0.5) is 5.69 Å². The van der Waals surface area contributed by atoms with Crippen LogP contribution in [0.1, 0.15) is 15.9 Å². The van der Waals surface area contributed by atoms with Gasteiger partial charge in [0.15, 0.2) is 5.78 Å². The van der Waals surface area contributed by atoms with E-state index in [2.05, 4.69) is 22.6 Å². The Hall–Kier alpha value is -1.27. The predicted molar refractivity (Wildman–Crippen MR) is 85.0 cm³/mol. The molecule has 0 saturated heterocycles. The topological polar surface area (TPSA) is 52.3 Å². The van der Waals surface area contributed by atoms with Gasteiger partial charge in [0.25, 0.3) is 0 Å². The number of benzene rings is 2. The first-order valence-corrected chi connectivity index (χ1v) is 6.92. The summed E-state index contributed by atoms with van der Waals surface area (Å²) in [5.41, 5.74) is 7.05. The molecule has 0 atom stereocenters. The summed E-state index contributed by atoms with van der Waals surface area (Å²) in [5.74, 6) is 0.316. The molecule has 0 aliphatic heterocycles. The van der Waals surface area contributed by atoms with Crippen LogP contribution in [0.5, 0.6) is 5.75 Å². The van der Waals surface area contributed by atoms with E-state index in [4.69, 9.17) is 22.1 Å². The molecule has 98 valence electrons. The number of rotatable bonds is 3. The fraction of sp³-hybridized carbons (Fsp3) is 0.0714. The first kappa shape index (κ1) is 14.1. The number of halogens is 2. The lowest BCUT2D eigenvalue weighted by atomic mass is 10.0. The second-order valence-electron chi connectivity index (χ2n) is 3.91. The summed E-state index contributed by atoms with van der Waals surface area (Å²) in [7, 11) is 1.53. The first-order chi connectivity index (χ1) is 9.02. The third-order valence-electron chi connectivity index (χ3n) is 2.64. The van der Waals surface area contributed by atoms with E-state index in [1.165, 1.54) is 7.11 Å². The SMILES string of the molecule is COc1ccc(I)cc1C(=O)c1cc(N)ccc1Cl. The molecule has 0 radical (unpaired) electrons.